The molecule has 3 aliphatic rings. The van der Waals surface area contributed by atoms with E-state index >= 15 is 0 Å². The third kappa shape index (κ3) is 5.47. The standard InChI is InChI=1S/C29H33Cl2NO5S/c1-29(16-26(33)34)15-24(20-4-2-5-22(31)14-20)27(19-10-12-21(30)13-11-19)32(28(29)35)25(18-8-9-18)17-38(36,37)23-6-3-7-23/h2,4-5,10-14,18,23-25,27H,3,6-9,15-17H2,1H3,(H,33,34)/t24?,25-,27-,29-/m1/s1. The van der Waals surface area contributed by atoms with Crippen molar-refractivity contribution in [1.29, 1.82) is 0 Å². The van der Waals surface area contributed by atoms with E-state index in [-0.39, 0.29) is 35.2 Å². The zero-order valence-corrected chi connectivity index (χ0v) is 23.7. The quantitative estimate of drug-likeness (QED) is 0.378. The first-order valence-electron chi connectivity index (χ1n) is 13.3. The third-order valence-electron chi connectivity index (χ3n) is 8.62. The predicted molar refractivity (Wildman–Crippen MR) is 148 cm³/mol. The summed E-state index contributed by atoms with van der Waals surface area (Å²) in [5.41, 5.74) is 0.537. The van der Waals surface area contributed by atoms with E-state index in [1.165, 1.54) is 0 Å². The second-order valence-corrected chi connectivity index (χ2v) is 14.7. The minimum Gasteiger partial charge on any atom is -0.481 e. The number of carboxylic acids is 1. The highest BCUT2D eigenvalue weighted by atomic mass is 35.5. The van der Waals surface area contributed by atoms with Gasteiger partial charge in [-0.15, -0.1) is 0 Å². The topological polar surface area (TPSA) is 91.8 Å². The Bertz CT molecular complexity index is 1320. The molecule has 0 spiro atoms. The molecule has 1 aliphatic heterocycles. The Kier molecular flexibility index (Phi) is 7.57. The average Bonchev–Trinajstić information content (AvgIpc) is 3.63. The van der Waals surface area contributed by atoms with Crippen LogP contribution >= 0.6 is 23.2 Å². The van der Waals surface area contributed by atoms with E-state index in [2.05, 4.69) is 0 Å². The fourth-order valence-electron chi connectivity index (χ4n) is 6.27. The van der Waals surface area contributed by atoms with Crippen molar-refractivity contribution in [2.24, 2.45) is 11.3 Å². The van der Waals surface area contributed by atoms with Crippen molar-refractivity contribution in [2.45, 2.75) is 75.1 Å². The van der Waals surface area contributed by atoms with Gasteiger partial charge >= 0.3 is 5.97 Å². The summed E-state index contributed by atoms with van der Waals surface area (Å²) in [6, 6.07) is 13.8. The molecule has 1 unspecified atom stereocenters. The number of piperidine rings is 1. The SMILES string of the molecule is C[C@]1(CC(=O)O)CC(c2cccc(Cl)c2)[C@@H](c2ccc(Cl)cc2)N([C@H](CS(=O)(=O)C2CCC2)C2CC2)C1=O. The highest BCUT2D eigenvalue weighted by Crippen LogP contribution is 2.54. The number of benzene rings is 2. The van der Waals surface area contributed by atoms with Crippen LogP contribution in [0, 0.1) is 11.3 Å². The maximum Gasteiger partial charge on any atom is 0.304 e. The van der Waals surface area contributed by atoms with E-state index in [9.17, 15) is 23.1 Å². The Morgan fingerprint density at radius 3 is 2.29 bits per heavy atom. The Morgan fingerprint density at radius 2 is 1.74 bits per heavy atom. The van der Waals surface area contributed by atoms with Crippen LogP contribution in [0.1, 0.15) is 75.0 Å². The molecule has 2 aromatic rings. The van der Waals surface area contributed by atoms with Crippen LogP contribution in [0.5, 0.6) is 0 Å². The summed E-state index contributed by atoms with van der Waals surface area (Å²) >= 11 is 12.6. The summed E-state index contributed by atoms with van der Waals surface area (Å²) in [5, 5.41) is 10.6. The van der Waals surface area contributed by atoms with Crippen LogP contribution in [0.25, 0.3) is 0 Å². The number of rotatable bonds is 9. The van der Waals surface area contributed by atoms with Crippen LogP contribution in [0.2, 0.25) is 10.0 Å². The first-order valence-corrected chi connectivity index (χ1v) is 15.7. The molecule has 9 heteroatoms. The molecule has 1 saturated heterocycles. The van der Waals surface area contributed by atoms with Crippen LogP contribution in [-0.2, 0) is 19.4 Å². The van der Waals surface area contributed by atoms with Gasteiger partial charge in [0.15, 0.2) is 9.84 Å². The molecule has 4 atom stereocenters. The fourth-order valence-corrected chi connectivity index (χ4v) is 8.83. The van der Waals surface area contributed by atoms with E-state index in [0.29, 0.717) is 29.3 Å². The van der Waals surface area contributed by atoms with Crippen LogP contribution in [-0.4, -0.2) is 47.3 Å². The van der Waals surface area contributed by atoms with Crippen LogP contribution in [0.3, 0.4) is 0 Å². The lowest BCUT2D eigenvalue weighted by Gasteiger charge is -2.52. The summed E-state index contributed by atoms with van der Waals surface area (Å²) in [5.74, 6) is -1.66. The number of amides is 1. The molecule has 0 aromatic heterocycles. The van der Waals surface area contributed by atoms with Gasteiger partial charge in [-0.1, -0.05) is 60.8 Å². The Morgan fingerprint density at radius 1 is 1.05 bits per heavy atom. The zero-order valence-electron chi connectivity index (χ0n) is 21.4. The summed E-state index contributed by atoms with van der Waals surface area (Å²) in [6.45, 7) is 1.70. The lowest BCUT2D eigenvalue weighted by Crippen LogP contribution is -2.58. The van der Waals surface area contributed by atoms with Crippen molar-refractivity contribution in [3.05, 3.63) is 69.7 Å². The van der Waals surface area contributed by atoms with Crippen molar-refractivity contribution in [1.82, 2.24) is 4.90 Å². The lowest BCUT2D eigenvalue weighted by atomic mass is 9.67. The normalized spacial score (nSPS) is 27.1. The number of carboxylic acid groups (broad SMARTS) is 1. The molecule has 6 nitrogen and oxygen atoms in total. The zero-order chi connectivity index (χ0) is 27.2. The molecule has 38 heavy (non-hydrogen) atoms. The molecule has 2 saturated carbocycles. The molecule has 0 radical (unpaired) electrons. The van der Waals surface area contributed by atoms with E-state index < -0.39 is 33.3 Å². The van der Waals surface area contributed by atoms with Crippen molar-refractivity contribution < 1.29 is 23.1 Å². The number of likely N-dealkylation sites (tertiary alicyclic amines) is 1. The summed E-state index contributed by atoms with van der Waals surface area (Å²) in [4.78, 5) is 28.2. The van der Waals surface area contributed by atoms with Gasteiger partial charge in [-0.25, -0.2) is 8.42 Å². The molecule has 1 amide bonds. The number of hydrogen-bond acceptors (Lipinski definition) is 4. The number of carbonyl (C=O) groups excluding carboxylic acids is 1. The molecule has 0 bridgehead atoms. The molecule has 2 aromatic carbocycles. The number of aliphatic carboxylic acids is 1. The highest BCUT2D eigenvalue weighted by molar-refractivity contribution is 7.92. The Balaban J connectivity index is 1.67. The Labute approximate surface area is 234 Å². The van der Waals surface area contributed by atoms with Crippen LogP contribution in [0.4, 0.5) is 0 Å². The van der Waals surface area contributed by atoms with Gasteiger partial charge in [-0.05, 0) is 73.4 Å². The van der Waals surface area contributed by atoms with Crippen LogP contribution in [0.15, 0.2) is 48.5 Å². The summed E-state index contributed by atoms with van der Waals surface area (Å²) in [6.07, 6.45) is 3.89. The van der Waals surface area contributed by atoms with E-state index in [0.717, 1.165) is 30.4 Å². The minimum absolute atomic E-state index is 0.0655. The van der Waals surface area contributed by atoms with Gasteiger partial charge in [0.1, 0.15) is 0 Å². The maximum atomic E-state index is 14.4. The molecule has 1 N–H and O–H groups in total. The molecule has 3 fully saturated rings. The second kappa shape index (κ2) is 10.5. The Hall–Kier alpha value is -2.09. The number of carbonyl (C=O) groups is 2. The smallest absolute Gasteiger partial charge is 0.304 e. The van der Waals surface area contributed by atoms with Gasteiger partial charge in [0.25, 0.3) is 0 Å². The minimum atomic E-state index is -3.41. The van der Waals surface area contributed by atoms with E-state index in [1.807, 2.05) is 30.3 Å². The molecular weight excluding hydrogens is 545 g/mol. The average molecular weight is 579 g/mol. The fraction of sp³-hybridized carbons (Fsp3) is 0.517. The maximum absolute atomic E-state index is 14.4. The summed E-state index contributed by atoms with van der Waals surface area (Å²) < 4.78 is 26.9. The second-order valence-electron chi connectivity index (χ2n) is 11.5. The number of hydrogen-bond donors (Lipinski definition) is 1. The lowest BCUT2D eigenvalue weighted by molar-refractivity contribution is -0.160. The highest BCUT2D eigenvalue weighted by Gasteiger charge is 2.55. The van der Waals surface area contributed by atoms with Gasteiger partial charge < -0.3 is 10.0 Å². The van der Waals surface area contributed by atoms with Gasteiger partial charge in [0.05, 0.1) is 28.9 Å². The van der Waals surface area contributed by atoms with E-state index in [4.69, 9.17) is 23.2 Å². The van der Waals surface area contributed by atoms with Crippen molar-refractivity contribution in [2.75, 3.05) is 5.75 Å². The van der Waals surface area contributed by atoms with Gasteiger partial charge in [-0.2, -0.15) is 0 Å². The van der Waals surface area contributed by atoms with Crippen molar-refractivity contribution >= 4 is 44.9 Å². The van der Waals surface area contributed by atoms with Crippen molar-refractivity contribution in [3.8, 4) is 0 Å². The van der Waals surface area contributed by atoms with Gasteiger partial charge in [-0.3, -0.25) is 9.59 Å². The van der Waals surface area contributed by atoms with Gasteiger partial charge in [0, 0.05) is 22.0 Å². The van der Waals surface area contributed by atoms with E-state index in [1.54, 1.807) is 30.0 Å². The molecule has 2 aliphatic carbocycles. The first kappa shape index (κ1) is 27.5. The van der Waals surface area contributed by atoms with Gasteiger partial charge in [0.2, 0.25) is 5.91 Å². The molecule has 1 heterocycles. The predicted octanol–water partition coefficient (Wildman–Crippen LogP) is 6.28. The third-order valence-corrected chi connectivity index (χ3v) is 11.4. The number of halogens is 2. The first-order chi connectivity index (χ1) is 18.0. The molecule has 5 rings (SSSR count). The largest absolute Gasteiger partial charge is 0.481 e. The van der Waals surface area contributed by atoms with Crippen LogP contribution < -0.4 is 0 Å². The van der Waals surface area contributed by atoms with Crippen molar-refractivity contribution in [3.63, 3.8) is 0 Å². The molecule has 204 valence electrons. The molecular formula is C29H33Cl2NO5S. The monoisotopic (exact) mass is 577 g/mol. The number of sulfone groups is 1. The number of nitrogens with zero attached hydrogens (tertiary/aromatic N) is 1. The summed E-state index contributed by atoms with van der Waals surface area (Å²) in [7, 11) is -3.41.